The van der Waals surface area contributed by atoms with Crippen LogP contribution in [0.1, 0.15) is 26.7 Å². The topological polar surface area (TPSA) is 9.23 Å². The summed E-state index contributed by atoms with van der Waals surface area (Å²) in [6, 6.07) is 0. The van der Waals surface area contributed by atoms with Crippen molar-refractivity contribution in [2.75, 3.05) is 13.2 Å². The highest BCUT2D eigenvalue weighted by Crippen LogP contribution is 2.20. The van der Waals surface area contributed by atoms with Crippen molar-refractivity contribution in [3.63, 3.8) is 0 Å². The Morgan fingerprint density at radius 3 is 2.67 bits per heavy atom. The molecule has 1 unspecified atom stereocenters. The fourth-order valence-electron chi connectivity index (χ4n) is 1.43. The van der Waals surface area contributed by atoms with Crippen molar-refractivity contribution >= 4 is 0 Å². The second kappa shape index (κ2) is 3.21. The molecule has 0 aromatic carbocycles. The Hall–Kier alpha value is -0.0400. The number of rotatable bonds is 1. The molecule has 0 N–H and O–H groups in total. The number of ether oxygens (including phenoxy) is 1. The zero-order valence-corrected chi connectivity index (χ0v) is 6.39. The Bertz CT molecular complexity index is 80.6. The quantitative estimate of drug-likeness (QED) is 0.525. The molecule has 1 aliphatic heterocycles. The van der Waals surface area contributed by atoms with Crippen molar-refractivity contribution in [3.05, 3.63) is 0 Å². The average molecular weight is 128 g/mol. The molecule has 0 aromatic heterocycles. The molecule has 0 aliphatic carbocycles. The zero-order valence-electron chi connectivity index (χ0n) is 6.39. The molecule has 0 radical (unpaired) electrons. The molecule has 1 fully saturated rings. The maximum atomic E-state index is 5.39. The van der Waals surface area contributed by atoms with Crippen molar-refractivity contribution < 1.29 is 4.74 Å². The van der Waals surface area contributed by atoms with Crippen LogP contribution in [0.15, 0.2) is 0 Å². The fourth-order valence-corrected chi connectivity index (χ4v) is 1.43. The SMILES string of the molecule is CC[C@@H]1COCC(C)C1. The summed E-state index contributed by atoms with van der Waals surface area (Å²) in [5.74, 6) is 1.64. The lowest BCUT2D eigenvalue weighted by Crippen LogP contribution is -2.22. The third-order valence-electron chi connectivity index (χ3n) is 2.07. The molecule has 1 heterocycles. The smallest absolute Gasteiger partial charge is 0.0494 e. The van der Waals surface area contributed by atoms with E-state index < -0.39 is 0 Å². The van der Waals surface area contributed by atoms with Crippen LogP contribution in [-0.2, 0) is 4.74 Å². The van der Waals surface area contributed by atoms with Crippen LogP contribution in [0.2, 0.25) is 0 Å². The minimum Gasteiger partial charge on any atom is -0.381 e. The second-order valence-electron chi connectivity index (χ2n) is 3.15. The molecule has 1 saturated heterocycles. The first-order chi connectivity index (χ1) is 4.33. The van der Waals surface area contributed by atoms with E-state index in [1.165, 1.54) is 12.8 Å². The standard InChI is InChI=1S/C8H16O/c1-3-8-4-7(2)5-9-6-8/h7-8H,3-6H2,1-2H3/t7?,8-/m0/s1. The second-order valence-corrected chi connectivity index (χ2v) is 3.15. The summed E-state index contributed by atoms with van der Waals surface area (Å²) in [6.07, 6.45) is 2.65. The largest absolute Gasteiger partial charge is 0.381 e. The molecule has 9 heavy (non-hydrogen) atoms. The summed E-state index contributed by atoms with van der Waals surface area (Å²) in [4.78, 5) is 0. The van der Waals surface area contributed by atoms with Gasteiger partial charge in [-0.05, 0) is 18.3 Å². The number of hydrogen-bond donors (Lipinski definition) is 0. The predicted octanol–water partition coefficient (Wildman–Crippen LogP) is 2.07. The Labute approximate surface area is 57.4 Å². The Morgan fingerprint density at radius 2 is 2.22 bits per heavy atom. The molecule has 0 bridgehead atoms. The highest BCUT2D eigenvalue weighted by Gasteiger charge is 2.16. The molecule has 0 aromatic rings. The summed E-state index contributed by atoms with van der Waals surface area (Å²) in [5, 5.41) is 0. The molecular weight excluding hydrogens is 112 g/mol. The van der Waals surface area contributed by atoms with Crippen molar-refractivity contribution in [1.29, 1.82) is 0 Å². The van der Waals surface area contributed by atoms with Crippen LogP contribution in [0.3, 0.4) is 0 Å². The maximum Gasteiger partial charge on any atom is 0.0494 e. The van der Waals surface area contributed by atoms with Gasteiger partial charge in [0, 0.05) is 13.2 Å². The molecule has 0 spiro atoms. The van der Waals surface area contributed by atoms with E-state index in [1.54, 1.807) is 0 Å². The molecule has 2 atom stereocenters. The van der Waals surface area contributed by atoms with Gasteiger partial charge in [-0.2, -0.15) is 0 Å². The third-order valence-corrected chi connectivity index (χ3v) is 2.07. The first kappa shape index (κ1) is 7.07. The van der Waals surface area contributed by atoms with Gasteiger partial charge in [0.25, 0.3) is 0 Å². The summed E-state index contributed by atoms with van der Waals surface area (Å²) in [6.45, 7) is 6.49. The Balaban J connectivity index is 2.23. The van der Waals surface area contributed by atoms with Gasteiger partial charge in [0.1, 0.15) is 0 Å². The molecule has 0 saturated carbocycles. The van der Waals surface area contributed by atoms with Crippen LogP contribution in [0.4, 0.5) is 0 Å². The van der Waals surface area contributed by atoms with Gasteiger partial charge < -0.3 is 4.74 Å². The number of hydrogen-bond acceptors (Lipinski definition) is 1. The normalized spacial score (nSPS) is 36.7. The lowest BCUT2D eigenvalue weighted by molar-refractivity contribution is 0.0200. The van der Waals surface area contributed by atoms with Crippen molar-refractivity contribution in [3.8, 4) is 0 Å². The van der Waals surface area contributed by atoms with E-state index >= 15 is 0 Å². The van der Waals surface area contributed by atoms with Crippen LogP contribution in [0, 0.1) is 11.8 Å². The van der Waals surface area contributed by atoms with Gasteiger partial charge in [-0.25, -0.2) is 0 Å². The van der Waals surface area contributed by atoms with Gasteiger partial charge >= 0.3 is 0 Å². The average Bonchev–Trinajstić information content (AvgIpc) is 1.88. The van der Waals surface area contributed by atoms with Gasteiger partial charge in [-0.15, -0.1) is 0 Å². The zero-order chi connectivity index (χ0) is 6.69. The van der Waals surface area contributed by atoms with E-state index in [0.717, 1.165) is 25.0 Å². The van der Waals surface area contributed by atoms with Crippen molar-refractivity contribution in [2.24, 2.45) is 11.8 Å². The molecule has 1 aliphatic rings. The van der Waals surface area contributed by atoms with Crippen LogP contribution >= 0.6 is 0 Å². The lowest BCUT2D eigenvalue weighted by atomic mass is 9.93. The van der Waals surface area contributed by atoms with Gasteiger partial charge in [-0.1, -0.05) is 20.3 Å². The van der Waals surface area contributed by atoms with Crippen LogP contribution in [0.25, 0.3) is 0 Å². The van der Waals surface area contributed by atoms with E-state index in [-0.39, 0.29) is 0 Å². The Kier molecular flexibility index (Phi) is 2.52. The fraction of sp³-hybridized carbons (Fsp3) is 1.00. The summed E-state index contributed by atoms with van der Waals surface area (Å²) >= 11 is 0. The highest BCUT2D eigenvalue weighted by molar-refractivity contribution is 4.65. The van der Waals surface area contributed by atoms with E-state index in [4.69, 9.17) is 4.74 Å². The van der Waals surface area contributed by atoms with Crippen LogP contribution in [-0.4, -0.2) is 13.2 Å². The maximum absolute atomic E-state index is 5.39. The highest BCUT2D eigenvalue weighted by atomic mass is 16.5. The first-order valence-corrected chi connectivity index (χ1v) is 3.90. The van der Waals surface area contributed by atoms with Gasteiger partial charge in [-0.3, -0.25) is 0 Å². The summed E-state index contributed by atoms with van der Waals surface area (Å²) < 4.78 is 5.39. The van der Waals surface area contributed by atoms with Gasteiger partial charge in [0.15, 0.2) is 0 Å². The minimum atomic E-state index is 0.795. The Morgan fingerprint density at radius 1 is 1.44 bits per heavy atom. The molecule has 54 valence electrons. The van der Waals surface area contributed by atoms with E-state index in [1.807, 2.05) is 0 Å². The molecule has 1 nitrogen and oxygen atoms in total. The first-order valence-electron chi connectivity index (χ1n) is 3.90. The van der Waals surface area contributed by atoms with Crippen molar-refractivity contribution in [1.82, 2.24) is 0 Å². The van der Waals surface area contributed by atoms with Gasteiger partial charge in [0.05, 0.1) is 0 Å². The molecular formula is C8H16O. The predicted molar refractivity (Wildman–Crippen MR) is 38.4 cm³/mol. The van der Waals surface area contributed by atoms with Crippen LogP contribution in [0.5, 0.6) is 0 Å². The molecule has 1 rings (SSSR count). The molecule has 1 heteroatoms. The van der Waals surface area contributed by atoms with E-state index in [0.29, 0.717) is 0 Å². The van der Waals surface area contributed by atoms with Crippen molar-refractivity contribution in [2.45, 2.75) is 26.7 Å². The van der Waals surface area contributed by atoms with Gasteiger partial charge in [0.2, 0.25) is 0 Å². The van der Waals surface area contributed by atoms with E-state index in [2.05, 4.69) is 13.8 Å². The van der Waals surface area contributed by atoms with E-state index in [9.17, 15) is 0 Å². The minimum absolute atomic E-state index is 0.795. The lowest BCUT2D eigenvalue weighted by Gasteiger charge is -2.25. The van der Waals surface area contributed by atoms with Crippen LogP contribution < -0.4 is 0 Å². The monoisotopic (exact) mass is 128 g/mol. The molecule has 0 amide bonds. The summed E-state index contributed by atoms with van der Waals surface area (Å²) in [5.41, 5.74) is 0. The summed E-state index contributed by atoms with van der Waals surface area (Å²) in [7, 11) is 0. The third kappa shape index (κ3) is 1.98.